The molecule has 2 heterocycles. The molecule has 0 aliphatic rings. The van der Waals surface area contributed by atoms with Gasteiger partial charge in [0.2, 0.25) is 0 Å². The third kappa shape index (κ3) is 3.70. The summed E-state index contributed by atoms with van der Waals surface area (Å²) in [6.45, 7) is 1.96. The lowest BCUT2D eigenvalue weighted by Gasteiger charge is -2.06. The van der Waals surface area contributed by atoms with E-state index in [9.17, 15) is 9.90 Å². The van der Waals surface area contributed by atoms with E-state index in [1.54, 1.807) is 41.3 Å². The van der Waals surface area contributed by atoms with Crippen molar-refractivity contribution in [3.8, 4) is 5.75 Å². The van der Waals surface area contributed by atoms with Gasteiger partial charge in [0.05, 0.1) is 5.69 Å². The smallest absolute Gasteiger partial charge is 0.291 e. The number of nitrogens with zero attached hydrogens (tertiary/aromatic N) is 1. The number of hydrogen-bond donors (Lipinski definition) is 2. The molecule has 0 unspecified atom stereocenters. The molecule has 136 valence electrons. The maximum Gasteiger partial charge on any atom is 0.291 e. The second-order valence-electron chi connectivity index (χ2n) is 5.92. The molecule has 4 aromatic rings. The normalized spacial score (nSPS) is 11.0. The highest BCUT2D eigenvalue weighted by Crippen LogP contribution is 2.34. The van der Waals surface area contributed by atoms with Gasteiger partial charge in [0.25, 0.3) is 5.91 Å². The summed E-state index contributed by atoms with van der Waals surface area (Å²) in [6.07, 6.45) is 0. The molecule has 0 radical (unpaired) electrons. The zero-order valence-corrected chi connectivity index (χ0v) is 16.1. The maximum absolute atomic E-state index is 12.8. The summed E-state index contributed by atoms with van der Waals surface area (Å²) in [5.74, 6) is 0.433. The van der Waals surface area contributed by atoms with E-state index in [2.05, 4.69) is 10.3 Å². The van der Waals surface area contributed by atoms with Crippen molar-refractivity contribution in [3.05, 3.63) is 70.9 Å². The third-order valence-electron chi connectivity index (χ3n) is 3.99. The molecule has 0 aliphatic carbocycles. The van der Waals surface area contributed by atoms with Gasteiger partial charge in [-0.2, -0.15) is 0 Å². The Morgan fingerprint density at radius 1 is 1.22 bits per heavy atom. The highest BCUT2D eigenvalue weighted by atomic mass is 32.2. The van der Waals surface area contributed by atoms with Crippen LogP contribution in [0, 0.1) is 6.92 Å². The minimum atomic E-state index is -0.390. The standard InChI is InChI=1S/C20H16N2O3S2/c1-12-10-26-20(21-12)27-11-14-13-6-2-5-9-17(13)25-18(14)19(24)22-15-7-3-4-8-16(15)23/h2-10,23H,11H2,1H3,(H,22,24). The largest absolute Gasteiger partial charge is 0.506 e. The van der Waals surface area contributed by atoms with E-state index >= 15 is 0 Å². The number of amides is 1. The molecule has 1 amide bonds. The summed E-state index contributed by atoms with van der Waals surface area (Å²) in [5, 5.41) is 15.5. The van der Waals surface area contributed by atoms with Crippen LogP contribution < -0.4 is 5.32 Å². The predicted molar refractivity (Wildman–Crippen MR) is 109 cm³/mol. The Hall–Kier alpha value is -2.77. The number of thioether (sulfide) groups is 1. The van der Waals surface area contributed by atoms with Crippen LogP contribution in [0.2, 0.25) is 0 Å². The van der Waals surface area contributed by atoms with Crippen LogP contribution in [0.4, 0.5) is 5.69 Å². The number of nitrogens with one attached hydrogen (secondary N) is 1. The zero-order chi connectivity index (χ0) is 18.8. The number of benzene rings is 2. The number of phenolic OH excluding ortho intramolecular Hbond substituents is 1. The quantitative estimate of drug-likeness (QED) is 0.347. The number of phenols is 1. The zero-order valence-electron chi connectivity index (χ0n) is 14.4. The van der Waals surface area contributed by atoms with Crippen LogP contribution in [-0.2, 0) is 5.75 Å². The minimum Gasteiger partial charge on any atom is -0.506 e. The number of aryl methyl sites for hydroxylation is 1. The lowest BCUT2D eigenvalue weighted by Crippen LogP contribution is -2.12. The summed E-state index contributed by atoms with van der Waals surface area (Å²) in [6, 6.07) is 14.2. The Balaban J connectivity index is 1.66. The van der Waals surface area contributed by atoms with Crippen LogP contribution in [0.15, 0.2) is 62.7 Å². The van der Waals surface area contributed by atoms with Crippen LogP contribution in [0.1, 0.15) is 21.8 Å². The Labute approximate surface area is 164 Å². The fraction of sp³-hybridized carbons (Fsp3) is 0.100. The van der Waals surface area contributed by atoms with Gasteiger partial charge in [-0.05, 0) is 25.1 Å². The van der Waals surface area contributed by atoms with Gasteiger partial charge < -0.3 is 14.8 Å². The van der Waals surface area contributed by atoms with E-state index < -0.39 is 5.91 Å². The molecule has 4 rings (SSSR count). The van der Waals surface area contributed by atoms with Crippen LogP contribution in [0.3, 0.4) is 0 Å². The molecule has 0 saturated carbocycles. The number of rotatable bonds is 5. The van der Waals surface area contributed by atoms with Crippen molar-refractivity contribution in [1.82, 2.24) is 4.98 Å². The number of anilines is 1. The second-order valence-corrected chi connectivity index (χ2v) is 8.00. The second kappa shape index (κ2) is 7.46. The van der Waals surface area contributed by atoms with Crippen molar-refractivity contribution in [1.29, 1.82) is 0 Å². The lowest BCUT2D eigenvalue weighted by molar-refractivity contribution is 0.0997. The van der Waals surface area contributed by atoms with Gasteiger partial charge in [-0.1, -0.05) is 42.1 Å². The molecular formula is C20H16N2O3S2. The molecule has 0 atom stereocenters. The molecule has 0 saturated heterocycles. The number of fused-ring (bicyclic) bond motifs is 1. The van der Waals surface area contributed by atoms with E-state index in [0.29, 0.717) is 17.0 Å². The number of para-hydroxylation sites is 3. The summed E-state index contributed by atoms with van der Waals surface area (Å²) in [4.78, 5) is 17.3. The highest BCUT2D eigenvalue weighted by molar-refractivity contribution is 8.00. The Bertz CT molecular complexity index is 1120. The summed E-state index contributed by atoms with van der Waals surface area (Å²) in [7, 11) is 0. The number of aromatic nitrogens is 1. The number of aromatic hydroxyl groups is 1. The number of thiazole rings is 1. The monoisotopic (exact) mass is 396 g/mol. The first-order valence-electron chi connectivity index (χ1n) is 8.26. The Morgan fingerprint density at radius 2 is 2.00 bits per heavy atom. The topological polar surface area (TPSA) is 75.4 Å². The Morgan fingerprint density at radius 3 is 2.78 bits per heavy atom. The first-order valence-corrected chi connectivity index (χ1v) is 10.1. The van der Waals surface area contributed by atoms with Crippen molar-refractivity contribution in [2.24, 2.45) is 0 Å². The minimum absolute atomic E-state index is 0.0103. The molecule has 0 bridgehead atoms. The average molecular weight is 396 g/mol. The molecule has 2 aromatic heterocycles. The molecule has 2 N–H and O–H groups in total. The van der Waals surface area contributed by atoms with E-state index in [0.717, 1.165) is 21.0 Å². The lowest BCUT2D eigenvalue weighted by atomic mass is 10.1. The van der Waals surface area contributed by atoms with Gasteiger partial charge in [0.1, 0.15) is 15.7 Å². The molecule has 7 heteroatoms. The maximum atomic E-state index is 12.8. The third-order valence-corrected chi connectivity index (χ3v) is 6.16. The van der Waals surface area contributed by atoms with Gasteiger partial charge in [-0.3, -0.25) is 4.79 Å². The molecule has 27 heavy (non-hydrogen) atoms. The first kappa shape index (κ1) is 17.6. The molecule has 5 nitrogen and oxygen atoms in total. The highest BCUT2D eigenvalue weighted by Gasteiger charge is 2.21. The fourth-order valence-corrected chi connectivity index (χ4v) is 4.59. The van der Waals surface area contributed by atoms with Crippen LogP contribution >= 0.6 is 23.1 Å². The van der Waals surface area contributed by atoms with E-state index in [4.69, 9.17) is 4.42 Å². The molecular weight excluding hydrogens is 380 g/mol. The summed E-state index contributed by atoms with van der Waals surface area (Å²) >= 11 is 3.16. The van der Waals surface area contributed by atoms with Crippen molar-refractivity contribution in [2.45, 2.75) is 17.0 Å². The molecule has 0 fully saturated rings. The van der Waals surface area contributed by atoms with Crippen molar-refractivity contribution in [2.75, 3.05) is 5.32 Å². The average Bonchev–Trinajstić information content (AvgIpc) is 3.25. The predicted octanol–water partition coefficient (Wildman–Crippen LogP) is 5.45. The van der Waals surface area contributed by atoms with Crippen molar-refractivity contribution < 1.29 is 14.3 Å². The van der Waals surface area contributed by atoms with Crippen molar-refractivity contribution >= 4 is 45.7 Å². The van der Waals surface area contributed by atoms with Gasteiger partial charge in [0.15, 0.2) is 5.76 Å². The number of carbonyl (C=O) groups excluding carboxylic acids is 1. The van der Waals surface area contributed by atoms with Gasteiger partial charge in [-0.15, -0.1) is 11.3 Å². The number of hydrogen-bond acceptors (Lipinski definition) is 6. The Kier molecular flexibility index (Phi) is 4.87. The SMILES string of the molecule is Cc1csc(SCc2c(C(=O)Nc3ccccc3O)oc3ccccc23)n1. The van der Waals surface area contributed by atoms with Gasteiger partial charge >= 0.3 is 0 Å². The van der Waals surface area contributed by atoms with Crippen LogP contribution in [0.5, 0.6) is 5.75 Å². The molecule has 0 aliphatic heterocycles. The summed E-state index contributed by atoms with van der Waals surface area (Å²) in [5.41, 5.74) is 2.80. The van der Waals surface area contributed by atoms with Crippen LogP contribution in [-0.4, -0.2) is 16.0 Å². The molecule has 2 aromatic carbocycles. The fourth-order valence-electron chi connectivity index (χ4n) is 2.72. The van der Waals surface area contributed by atoms with E-state index in [-0.39, 0.29) is 11.5 Å². The van der Waals surface area contributed by atoms with Gasteiger partial charge in [-0.25, -0.2) is 4.98 Å². The van der Waals surface area contributed by atoms with Crippen molar-refractivity contribution in [3.63, 3.8) is 0 Å². The first-order chi connectivity index (χ1) is 13.1. The number of carbonyl (C=O) groups is 1. The van der Waals surface area contributed by atoms with E-state index in [1.165, 1.54) is 6.07 Å². The number of furan rings is 1. The molecule has 0 spiro atoms. The van der Waals surface area contributed by atoms with Gasteiger partial charge in [0, 0.05) is 27.8 Å². The summed E-state index contributed by atoms with van der Waals surface area (Å²) < 4.78 is 6.79. The van der Waals surface area contributed by atoms with Crippen LogP contribution in [0.25, 0.3) is 11.0 Å². The van der Waals surface area contributed by atoms with E-state index in [1.807, 2.05) is 36.6 Å².